The third-order valence-electron chi connectivity index (χ3n) is 6.29. The molecule has 1 saturated carbocycles. The van der Waals surface area contributed by atoms with Crippen molar-refractivity contribution in [3.63, 3.8) is 0 Å². The minimum Gasteiger partial charge on any atom is -0.381 e. The van der Waals surface area contributed by atoms with Gasteiger partial charge >= 0.3 is 0 Å². The lowest BCUT2D eigenvalue weighted by molar-refractivity contribution is 0.0780. The second-order valence-corrected chi connectivity index (χ2v) is 9.59. The van der Waals surface area contributed by atoms with Crippen molar-refractivity contribution in [1.82, 2.24) is 10.2 Å². The van der Waals surface area contributed by atoms with Crippen LogP contribution >= 0.6 is 11.8 Å². The summed E-state index contributed by atoms with van der Waals surface area (Å²) in [6, 6.07) is 0. The van der Waals surface area contributed by atoms with E-state index in [9.17, 15) is 0 Å². The van der Waals surface area contributed by atoms with Crippen LogP contribution in [-0.4, -0.2) is 61.3 Å². The molecule has 2 aliphatic heterocycles. The molecule has 2 saturated heterocycles. The average molecular weight is 354 g/mol. The number of nitrogens with zero attached hydrogens (tertiary/aromatic N) is 2. The van der Waals surface area contributed by atoms with Gasteiger partial charge in [-0.05, 0) is 43.3 Å². The van der Waals surface area contributed by atoms with E-state index < -0.39 is 0 Å². The van der Waals surface area contributed by atoms with Crippen molar-refractivity contribution in [3.05, 3.63) is 0 Å². The molecular formula is C19H35N3OS. The van der Waals surface area contributed by atoms with Gasteiger partial charge in [-0.3, -0.25) is 4.99 Å². The van der Waals surface area contributed by atoms with Gasteiger partial charge in [0.1, 0.15) is 0 Å². The summed E-state index contributed by atoms with van der Waals surface area (Å²) < 4.78 is 5.92. The van der Waals surface area contributed by atoms with E-state index in [1.807, 2.05) is 7.05 Å². The molecule has 3 fully saturated rings. The summed E-state index contributed by atoms with van der Waals surface area (Å²) in [6.07, 6.45) is 10.8. The first-order valence-electron chi connectivity index (χ1n) is 9.88. The number of hydrogen-bond acceptors (Lipinski definition) is 3. The molecule has 0 aromatic carbocycles. The highest BCUT2D eigenvalue weighted by Crippen LogP contribution is 2.43. The first-order valence-corrected chi connectivity index (χ1v) is 10.9. The molecule has 1 spiro atoms. The van der Waals surface area contributed by atoms with Gasteiger partial charge in [-0.2, -0.15) is 11.8 Å². The van der Waals surface area contributed by atoms with Crippen molar-refractivity contribution in [1.29, 1.82) is 0 Å². The standard InChI is InChI=1S/C19H35N3OS/c1-3-24-19(10-13-23-14-11-19)15-21-17(20-2)22-12-9-18(16-22)7-5-4-6-8-18/h3-16H2,1-2H3,(H,20,21). The van der Waals surface area contributed by atoms with E-state index in [4.69, 9.17) is 4.74 Å². The summed E-state index contributed by atoms with van der Waals surface area (Å²) in [6.45, 7) is 7.48. The van der Waals surface area contributed by atoms with Crippen molar-refractivity contribution in [3.8, 4) is 0 Å². The number of ether oxygens (including phenoxy) is 1. The summed E-state index contributed by atoms with van der Waals surface area (Å²) in [7, 11) is 1.94. The average Bonchev–Trinajstić information content (AvgIpc) is 3.00. The SMILES string of the molecule is CCSC1(CNC(=NC)N2CCC3(CCCCC3)C2)CCOCC1. The molecule has 0 unspecified atom stereocenters. The molecule has 0 radical (unpaired) electrons. The Hall–Kier alpha value is -0.420. The third-order valence-corrected chi connectivity index (χ3v) is 7.74. The largest absolute Gasteiger partial charge is 0.381 e. The number of likely N-dealkylation sites (tertiary alicyclic amines) is 1. The fourth-order valence-corrected chi connectivity index (χ4v) is 6.06. The first kappa shape index (κ1) is 18.4. The zero-order valence-corrected chi connectivity index (χ0v) is 16.4. The molecule has 0 atom stereocenters. The molecule has 138 valence electrons. The number of hydrogen-bond donors (Lipinski definition) is 1. The smallest absolute Gasteiger partial charge is 0.193 e. The van der Waals surface area contributed by atoms with Crippen LogP contribution in [-0.2, 0) is 4.74 Å². The van der Waals surface area contributed by atoms with Crippen LogP contribution in [0.2, 0.25) is 0 Å². The number of nitrogens with one attached hydrogen (secondary N) is 1. The van der Waals surface area contributed by atoms with Crippen LogP contribution in [0.15, 0.2) is 4.99 Å². The molecule has 3 aliphatic rings. The zero-order chi connectivity index (χ0) is 16.9. The fraction of sp³-hybridized carbons (Fsp3) is 0.947. The molecule has 1 aliphatic carbocycles. The van der Waals surface area contributed by atoms with E-state index in [1.165, 1.54) is 57.4 Å². The number of guanidine groups is 1. The Kier molecular flexibility index (Phi) is 6.36. The highest BCUT2D eigenvalue weighted by atomic mass is 32.2. The van der Waals surface area contributed by atoms with Crippen molar-refractivity contribution in [2.24, 2.45) is 10.4 Å². The zero-order valence-electron chi connectivity index (χ0n) is 15.6. The number of aliphatic imine (C=N–C) groups is 1. The van der Waals surface area contributed by atoms with Crippen LogP contribution in [0.5, 0.6) is 0 Å². The number of thioether (sulfide) groups is 1. The minimum absolute atomic E-state index is 0.325. The van der Waals surface area contributed by atoms with E-state index in [0.717, 1.165) is 38.6 Å². The molecule has 0 amide bonds. The molecule has 1 N–H and O–H groups in total. The van der Waals surface area contributed by atoms with Gasteiger partial charge in [-0.25, -0.2) is 0 Å². The van der Waals surface area contributed by atoms with Crippen LogP contribution in [0.3, 0.4) is 0 Å². The minimum atomic E-state index is 0.325. The normalized spacial score (nSPS) is 26.8. The Morgan fingerprint density at radius 1 is 1.12 bits per heavy atom. The molecule has 3 rings (SSSR count). The van der Waals surface area contributed by atoms with Gasteiger partial charge in [0.25, 0.3) is 0 Å². The van der Waals surface area contributed by atoms with Gasteiger partial charge in [0, 0.05) is 44.6 Å². The van der Waals surface area contributed by atoms with Crippen LogP contribution < -0.4 is 5.32 Å². The van der Waals surface area contributed by atoms with Crippen LogP contribution in [0.4, 0.5) is 0 Å². The lowest BCUT2D eigenvalue weighted by Crippen LogP contribution is -2.49. The van der Waals surface area contributed by atoms with E-state index in [2.05, 4.69) is 33.9 Å². The van der Waals surface area contributed by atoms with Gasteiger partial charge in [0.05, 0.1) is 0 Å². The molecule has 0 bridgehead atoms. The predicted molar refractivity (Wildman–Crippen MR) is 104 cm³/mol. The van der Waals surface area contributed by atoms with Crippen molar-refractivity contribution in [2.75, 3.05) is 45.6 Å². The summed E-state index contributed by atoms with van der Waals surface area (Å²) >= 11 is 2.10. The maximum atomic E-state index is 5.60. The van der Waals surface area contributed by atoms with Crippen LogP contribution in [0, 0.1) is 5.41 Å². The van der Waals surface area contributed by atoms with Crippen LogP contribution in [0.25, 0.3) is 0 Å². The third kappa shape index (κ3) is 4.21. The number of rotatable bonds is 4. The van der Waals surface area contributed by atoms with Crippen molar-refractivity contribution < 1.29 is 4.74 Å². The molecular weight excluding hydrogens is 318 g/mol. The predicted octanol–water partition coefficient (Wildman–Crippen LogP) is 3.52. The summed E-state index contributed by atoms with van der Waals surface area (Å²) in [5.74, 6) is 2.30. The van der Waals surface area contributed by atoms with E-state index >= 15 is 0 Å². The second-order valence-electron chi connectivity index (χ2n) is 7.86. The van der Waals surface area contributed by atoms with Crippen molar-refractivity contribution >= 4 is 17.7 Å². The molecule has 2 heterocycles. The molecule has 24 heavy (non-hydrogen) atoms. The monoisotopic (exact) mass is 353 g/mol. The van der Waals surface area contributed by atoms with Gasteiger partial charge in [-0.1, -0.05) is 26.2 Å². The lowest BCUT2D eigenvalue weighted by atomic mass is 9.73. The van der Waals surface area contributed by atoms with Gasteiger partial charge in [0.15, 0.2) is 5.96 Å². The molecule has 4 nitrogen and oxygen atoms in total. The summed E-state index contributed by atoms with van der Waals surface area (Å²) in [4.78, 5) is 7.14. The Morgan fingerprint density at radius 3 is 2.54 bits per heavy atom. The first-order chi connectivity index (χ1) is 11.7. The summed E-state index contributed by atoms with van der Waals surface area (Å²) in [5, 5.41) is 3.73. The lowest BCUT2D eigenvalue weighted by Gasteiger charge is -2.38. The van der Waals surface area contributed by atoms with Crippen molar-refractivity contribution in [2.45, 2.75) is 63.0 Å². The van der Waals surface area contributed by atoms with E-state index in [0.29, 0.717) is 10.2 Å². The maximum Gasteiger partial charge on any atom is 0.193 e. The van der Waals surface area contributed by atoms with Gasteiger partial charge < -0.3 is 15.0 Å². The Bertz CT molecular complexity index is 423. The quantitative estimate of drug-likeness (QED) is 0.620. The van der Waals surface area contributed by atoms with Gasteiger partial charge in [0.2, 0.25) is 0 Å². The second kappa shape index (κ2) is 8.31. The Labute approximate surface area is 152 Å². The van der Waals surface area contributed by atoms with Crippen LogP contribution in [0.1, 0.15) is 58.3 Å². The highest BCUT2D eigenvalue weighted by Gasteiger charge is 2.40. The molecule has 0 aromatic rings. The molecule has 0 aromatic heterocycles. The van der Waals surface area contributed by atoms with E-state index in [1.54, 1.807) is 0 Å². The fourth-order valence-electron chi connectivity index (χ4n) is 4.82. The van der Waals surface area contributed by atoms with Gasteiger partial charge in [-0.15, -0.1) is 0 Å². The molecule has 5 heteroatoms. The highest BCUT2D eigenvalue weighted by molar-refractivity contribution is 8.00. The Morgan fingerprint density at radius 2 is 1.88 bits per heavy atom. The summed E-state index contributed by atoms with van der Waals surface area (Å²) in [5.41, 5.74) is 0.588. The Balaban J connectivity index is 1.56. The van der Waals surface area contributed by atoms with E-state index in [-0.39, 0.29) is 0 Å². The maximum absolute atomic E-state index is 5.60. The topological polar surface area (TPSA) is 36.9 Å².